The number of azo groups is 1. The predicted molar refractivity (Wildman–Crippen MR) is 64.5 cm³/mol. The zero-order chi connectivity index (χ0) is 10.9. The second kappa shape index (κ2) is 6.93. The summed E-state index contributed by atoms with van der Waals surface area (Å²) in [5.41, 5.74) is 2.08. The molecule has 0 fully saturated rings. The molecule has 0 aromatic rings. The van der Waals surface area contributed by atoms with Crippen molar-refractivity contribution in [1.29, 1.82) is 0 Å². The highest BCUT2D eigenvalue weighted by atomic mass is 15.1. The molecule has 1 aliphatic rings. The summed E-state index contributed by atoms with van der Waals surface area (Å²) in [5, 5.41) is 8.48. The maximum Gasteiger partial charge on any atom is 0.0633 e. The van der Waals surface area contributed by atoms with E-state index in [1.807, 2.05) is 37.3 Å². The Balaban J connectivity index is 2.61. The average molecular weight is 202 g/mol. The van der Waals surface area contributed by atoms with Crippen LogP contribution in [0.5, 0.6) is 0 Å². The Labute approximate surface area is 91.8 Å². The number of hydrogen-bond acceptors (Lipinski definition) is 2. The highest BCUT2D eigenvalue weighted by molar-refractivity contribution is 5.17. The average Bonchev–Trinajstić information content (AvgIpc) is 2.31. The summed E-state index contributed by atoms with van der Waals surface area (Å²) in [4.78, 5) is 0. The summed E-state index contributed by atoms with van der Waals surface area (Å²) in [6.45, 7) is 4.08. The molecular formula is C13H18N2. The molecule has 0 aromatic heterocycles. The minimum atomic E-state index is 0.914. The van der Waals surface area contributed by atoms with Crippen LogP contribution in [0.3, 0.4) is 0 Å². The molecular weight excluding hydrogens is 184 g/mol. The first kappa shape index (κ1) is 11.6. The molecule has 1 rings (SSSR count). The number of nitrogens with zero attached hydrogens (tertiary/aromatic N) is 2. The van der Waals surface area contributed by atoms with Crippen molar-refractivity contribution in [2.75, 3.05) is 0 Å². The van der Waals surface area contributed by atoms with Gasteiger partial charge in [-0.05, 0) is 38.3 Å². The lowest BCUT2D eigenvalue weighted by atomic mass is 10.1. The Hall–Kier alpha value is -1.44. The van der Waals surface area contributed by atoms with Gasteiger partial charge in [-0.1, -0.05) is 31.2 Å². The minimum absolute atomic E-state index is 0.914. The maximum atomic E-state index is 4.24. The Morgan fingerprint density at radius 2 is 2.40 bits per heavy atom. The fourth-order valence-electron chi connectivity index (χ4n) is 1.23. The van der Waals surface area contributed by atoms with E-state index in [2.05, 4.69) is 23.2 Å². The van der Waals surface area contributed by atoms with Crippen LogP contribution >= 0.6 is 0 Å². The SMILES string of the molecule is C/C=C\C=C(/CC)N=NC1=CC=CCC1. The monoisotopic (exact) mass is 202 g/mol. The van der Waals surface area contributed by atoms with Crippen LogP contribution in [0.15, 0.2) is 58.1 Å². The molecule has 0 saturated heterocycles. The third kappa shape index (κ3) is 4.54. The van der Waals surface area contributed by atoms with Gasteiger partial charge < -0.3 is 0 Å². The summed E-state index contributed by atoms with van der Waals surface area (Å²) in [7, 11) is 0. The molecule has 0 spiro atoms. The van der Waals surface area contributed by atoms with Gasteiger partial charge in [-0.3, -0.25) is 0 Å². The Bertz CT molecular complexity index is 330. The van der Waals surface area contributed by atoms with E-state index in [9.17, 15) is 0 Å². The third-order valence-corrected chi connectivity index (χ3v) is 2.14. The summed E-state index contributed by atoms with van der Waals surface area (Å²) in [6.07, 6.45) is 15.2. The van der Waals surface area contributed by atoms with Crippen molar-refractivity contribution in [3.63, 3.8) is 0 Å². The second-order valence-corrected chi connectivity index (χ2v) is 3.36. The van der Waals surface area contributed by atoms with E-state index in [0.29, 0.717) is 0 Å². The summed E-state index contributed by atoms with van der Waals surface area (Å²) in [5.74, 6) is 0. The summed E-state index contributed by atoms with van der Waals surface area (Å²) < 4.78 is 0. The zero-order valence-electron chi connectivity index (χ0n) is 9.48. The van der Waals surface area contributed by atoms with E-state index in [4.69, 9.17) is 0 Å². The first-order valence-electron chi connectivity index (χ1n) is 5.46. The number of hydrogen-bond donors (Lipinski definition) is 0. The Morgan fingerprint density at radius 3 is 3.00 bits per heavy atom. The Morgan fingerprint density at radius 1 is 1.53 bits per heavy atom. The first-order valence-corrected chi connectivity index (χ1v) is 5.46. The minimum Gasteiger partial charge on any atom is -0.155 e. The molecule has 15 heavy (non-hydrogen) atoms. The quantitative estimate of drug-likeness (QED) is 0.472. The molecule has 2 nitrogen and oxygen atoms in total. The topological polar surface area (TPSA) is 24.7 Å². The lowest BCUT2D eigenvalue weighted by molar-refractivity contribution is 0.885. The van der Waals surface area contributed by atoms with Gasteiger partial charge >= 0.3 is 0 Å². The third-order valence-electron chi connectivity index (χ3n) is 2.14. The zero-order valence-corrected chi connectivity index (χ0v) is 9.48. The van der Waals surface area contributed by atoms with Crippen LogP contribution in [0.4, 0.5) is 0 Å². The van der Waals surface area contributed by atoms with Crippen LogP contribution in [0.2, 0.25) is 0 Å². The summed E-state index contributed by atoms with van der Waals surface area (Å²) >= 11 is 0. The standard InChI is InChI=1S/C13H18N2/c1-3-5-9-12(4-2)14-15-13-10-7-6-8-11-13/h3,5-7,9-10H,4,8,11H2,1-2H3/b5-3-,12-9+,15-14?. The number of allylic oxidation sites excluding steroid dienone is 8. The Kier molecular flexibility index (Phi) is 5.38. The molecule has 0 bridgehead atoms. The molecule has 0 saturated carbocycles. The van der Waals surface area contributed by atoms with E-state index in [1.54, 1.807) is 0 Å². The molecule has 1 aliphatic carbocycles. The predicted octanol–water partition coefficient (Wildman–Crippen LogP) is 4.54. The molecule has 0 aromatic carbocycles. The van der Waals surface area contributed by atoms with Gasteiger partial charge in [0, 0.05) is 0 Å². The van der Waals surface area contributed by atoms with E-state index in [1.165, 1.54) is 0 Å². The van der Waals surface area contributed by atoms with Crippen molar-refractivity contribution in [1.82, 2.24) is 0 Å². The van der Waals surface area contributed by atoms with Crippen LogP contribution in [0.25, 0.3) is 0 Å². The van der Waals surface area contributed by atoms with Gasteiger partial charge in [0.2, 0.25) is 0 Å². The van der Waals surface area contributed by atoms with Gasteiger partial charge in [0.1, 0.15) is 0 Å². The first-order chi connectivity index (χ1) is 7.36. The van der Waals surface area contributed by atoms with Gasteiger partial charge in [-0.2, -0.15) is 10.2 Å². The van der Waals surface area contributed by atoms with Gasteiger partial charge in [-0.15, -0.1) is 0 Å². The van der Waals surface area contributed by atoms with Crippen LogP contribution in [-0.4, -0.2) is 0 Å². The van der Waals surface area contributed by atoms with Crippen molar-refractivity contribution in [2.45, 2.75) is 33.1 Å². The molecule has 0 aliphatic heterocycles. The molecule has 0 radical (unpaired) electrons. The molecule has 0 N–H and O–H groups in total. The lowest BCUT2D eigenvalue weighted by Crippen LogP contribution is -1.82. The van der Waals surface area contributed by atoms with Gasteiger partial charge in [-0.25, -0.2) is 0 Å². The van der Waals surface area contributed by atoms with E-state index in [0.717, 1.165) is 30.7 Å². The highest BCUT2D eigenvalue weighted by Crippen LogP contribution is 2.15. The smallest absolute Gasteiger partial charge is 0.0633 e. The van der Waals surface area contributed by atoms with Crippen molar-refractivity contribution in [2.24, 2.45) is 10.2 Å². The summed E-state index contributed by atoms with van der Waals surface area (Å²) in [6, 6.07) is 0. The molecule has 2 heteroatoms. The highest BCUT2D eigenvalue weighted by Gasteiger charge is 1.97. The number of rotatable bonds is 4. The van der Waals surface area contributed by atoms with Crippen molar-refractivity contribution in [3.8, 4) is 0 Å². The van der Waals surface area contributed by atoms with Gasteiger partial charge in [0.15, 0.2) is 0 Å². The van der Waals surface area contributed by atoms with Crippen LogP contribution < -0.4 is 0 Å². The molecule has 80 valence electrons. The second-order valence-electron chi connectivity index (χ2n) is 3.36. The maximum absolute atomic E-state index is 4.24. The van der Waals surface area contributed by atoms with E-state index in [-0.39, 0.29) is 0 Å². The van der Waals surface area contributed by atoms with Gasteiger partial charge in [0.05, 0.1) is 11.4 Å². The lowest BCUT2D eigenvalue weighted by Gasteiger charge is -2.01. The van der Waals surface area contributed by atoms with Crippen LogP contribution in [0, 0.1) is 0 Å². The van der Waals surface area contributed by atoms with Crippen molar-refractivity contribution >= 4 is 0 Å². The van der Waals surface area contributed by atoms with E-state index >= 15 is 0 Å². The van der Waals surface area contributed by atoms with Crippen molar-refractivity contribution in [3.05, 3.63) is 47.9 Å². The molecule has 0 atom stereocenters. The van der Waals surface area contributed by atoms with Gasteiger partial charge in [0.25, 0.3) is 0 Å². The normalized spacial score (nSPS) is 17.7. The molecule has 0 heterocycles. The molecule has 0 unspecified atom stereocenters. The van der Waals surface area contributed by atoms with Crippen LogP contribution in [-0.2, 0) is 0 Å². The fraction of sp³-hybridized carbons (Fsp3) is 0.385. The largest absolute Gasteiger partial charge is 0.155 e. The molecule has 0 amide bonds. The van der Waals surface area contributed by atoms with Crippen molar-refractivity contribution < 1.29 is 0 Å². The van der Waals surface area contributed by atoms with E-state index < -0.39 is 0 Å². The fourth-order valence-corrected chi connectivity index (χ4v) is 1.23. The van der Waals surface area contributed by atoms with Crippen LogP contribution in [0.1, 0.15) is 33.1 Å².